The van der Waals surface area contributed by atoms with E-state index >= 15 is 0 Å². The molecule has 1 N–H and O–H groups in total. The maximum Gasteiger partial charge on any atom is 0.573 e. The number of benzene rings is 1. The summed E-state index contributed by atoms with van der Waals surface area (Å²) < 4.78 is 43.5. The molecule has 0 atom stereocenters. The lowest BCUT2D eigenvalue weighted by atomic mass is 9.49. The highest BCUT2D eigenvalue weighted by molar-refractivity contribution is 5.92. The van der Waals surface area contributed by atoms with Crippen molar-refractivity contribution in [2.45, 2.75) is 51.4 Å². The molecule has 12 heteroatoms. The summed E-state index contributed by atoms with van der Waals surface area (Å²) in [6.07, 6.45) is 5.78. The number of aromatic hydroxyl groups is 1. The molecule has 0 unspecified atom stereocenters. The predicted molar refractivity (Wildman–Crippen MR) is 165 cm³/mol. The van der Waals surface area contributed by atoms with Gasteiger partial charge in [0.1, 0.15) is 11.5 Å². The highest BCUT2D eigenvalue weighted by atomic mass is 19.4. The Hall–Kier alpha value is -3.93. The number of alkyl halides is 3. The van der Waals surface area contributed by atoms with Gasteiger partial charge in [-0.2, -0.15) is 0 Å². The number of carbonyl (C=O) groups is 1. The molecule has 8 rings (SSSR count). The summed E-state index contributed by atoms with van der Waals surface area (Å²) in [4.78, 5) is 23.4. The number of amides is 1. The highest BCUT2D eigenvalue weighted by Crippen LogP contribution is 2.60. The summed E-state index contributed by atoms with van der Waals surface area (Å²) in [5, 5.41) is 18.5. The van der Waals surface area contributed by atoms with Crippen LogP contribution in [-0.2, 0) is 6.54 Å². The number of ether oxygens (including phenoxy) is 1. The molecule has 4 bridgehead atoms. The summed E-state index contributed by atoms with van der Waals surface area (Å²) >= 11 is 0. The first kappa shape index (κ1) is 30.7. The molecule has 1 aliphatic heterocycles. The normalized spacial score (nSPS) is 25.9. The van der Waals surface area contributed by atoms with Gasteiger partial charge in [0.2, 0.25) is 0 Å². The Morgan fingerprint density at radius 3 is 2.26 bits per heavy atom. The zero-order valence-corrected chi connectivity index (χ0v) is 25.9. The van der Waals surface area contributed by atoms with Crippen molar-refractivity contribution in [3.63, 3.8) is 0 Å². The SMILES string of the molecule is CN(CC12CC3CC(CC(C3)C1)C2)C(=O)c1ccc(N2CCN(Cc3cc(OC(F)(F)F)cc(-c4cncc(O)c4)c3)CC2)nn1. The van der Waals surface area contributed by atoms with E-state index in [4.69, 9.17) is 0 Å². The smallest absolute Gasteiger partial charge is 0.506 e. The first-order chi connectivity index (χ1) is 22.0. The van der Waals surface area contributed by atoms with Crippen molar-refractivity contribution in [1.29, 1.82) is 0 Å². The molecule has 4 aliphatic carbocycles. The number of anilines is 1. The van der Waals surface area contributed by atoms with Gasteiger partial charge in [0.15, 0.2) is 11.5 Å². The predicted octanol–water partition coefficient (Wildman–Crippen LogP) is 5.75. The molecule has 3 aromatic rings. The lowest BCUT2D eigenvalue weighted by molar-refractivity contribution is -0.274. The summed E-state index contributed by atoms with van der Waals surface area (Å²) in [5.74, 6) is 2.71. The van der Waals surface area contributed by atoms with E-state index in [1.165, 1.54) is 69.1 Å². The molecule has 9 nitrogen and oxygen atoms in total. The zero-order valence-electron chi connectivity index (χ0n) is 25.9. The average Bonchev–Trinajstić information content (AvgIpc) is 2.99. The van der Waals surface area contributed by atoms with Crippen LogP contribution in [-0.4, -0.2) is 82.1 Å². The number of aromatic nitrogens is 3. The Bertz CT molecular complexity index is 1540. The molecule has 4 saturated carbocycles. The largest absolute Gasteiger partial charge is 0.573 e. The van der Waals surface area contributed by atoms with E-state index in [1.807, 2.05) is 18.0 Å². The minimum absolute atomic E-state index is 0.0812. The van der Waals surface area contributed by atoms with Gasteiger partial charge in [-0.05, 0) is 109 Å². The van der Waals surface area contributed by atoms with Crippen LogP contribution in [0.1, 0.15) is 54.6 Å². The fourth-order valence-electron chi connectivity index (χ4n) is 8.95. The second kappa shape index (κ2) is 12.0. The number of nitrogens with zero attached hydrogens (tertiary/aromatic N) is 6. The van der Waals surface area contributed by atoms with Gasteiger partial charge < -0.3 is 19.6 Å². The van der Waals surface area contributed by atoms with Crippen LogP contribution in [0, 0.1) is 23.2 Å². The fraction of sp³-hybridized carbons (Fsp3) is 0.529. The molecule has 1 saturated heterocycles. The molecule has 0 spiro atoms. The molecule has 5 aliphatic rings. The molecule has 5 fully saturated rings. The number of hydrogen-bond donors (Lipinski definition) is 1. The Balaban J connectivity index is 0.961. The van der Waals surface area contributed by atoms with E-state index in [9.17, 15) is 23.1 Å². The second-order valence-corrected chi connectivity index (χ2v) is 14.0. The maximum atomic E-state index is 13.3. The van der Waals surface area contributed by atoms with Crippen molar-refractivity contribution in [2.24, 2.45) is 23.2 Å². The number of rotatable bonds is 8. The Morgan fingerprint density at radius 2 is 1.65 bits per heavy atom. The monoisotopic (exact) mass is 636 g/mol. The Kier molecular flexibility index (Phi) is 8.02. The van der Waals surface area contributed by atoms with Crippen LogP contribution < -0.4 is 9.64 Å². The van der Waals surface area contributed by atoms with Gasteiger partial charge in [-0.25, -0.2) is 0 Å². The van der Waals surface area contributed by atoms with Crippen molar-refractivity contribution in [3.05, 3.63) is 60.0 Å². The van der Waals surface area contributed by atoms with Gasteiger partial charge in [-0.1, -0.05) is 0 Å². The first-order valence-corrected chi connectivity index (χ1v) is 16.1. The van der Waals surface area contributed by atoms with Crippen LogP contribution in [0.5, 0.6) is 11.5 Å². The van der Waals surface area contributed by atoms with Crippen molar-refractivity contribution >= 4 is 11.7 Å². The van der Waals surface area contributed by atoms with E-state index in [0.29, 0.717) is 60.9 Å². The third-order valence-corrected chi connectivity index (χ3v) is 10.3. The standard InChI is InChI=1S/C34H39F3N6O3/c1-41(21-33-15-22-8-23(16-33)10-24(9-22)17-33)32(45)30-2-3-31(40-39-30)43-6-4-42(5-7-43)20-25-11-26(27-13-28(44)19-38-18-27)14-29(12-25)46-34(35,36)37/h2-3,11-14,18-19,22-24,44H,4-10,15-17,20-21H2,1H3. The van der Waals surface area contributed by atoms with Gasteiger partial charge in [-0.3, -0.25) is 14.7 Å². The third-order valence-electron chi connectivity index (χ3n) is 10.3. The van der Waals surface area contributed by atoms with Crippen molar-refractivity contribution < 1.29 is 27.8 Å². The number of pyridine rings is 1. The van der Waals surface area contributed by atoms with E-state index in [-0.39, 0.29) is 22.8 Å². The van der Waals surface area contributed by atoms with Gasteiger partial charge in [0.05, 0.1) is 6.20 Å². The number of carbonyl (C=O) groups excluding carboxylic acids is 1. The quantitative estimate of drug-likeness (QED) is 0.334. The van der Waals surface area contributed by atoms with E-state index in [1.54, 1.807) is 12.1 Å². The van der Waals surface area contributed by atoms with Gasteiger partial charge in [0.25, 0.3) is 5.91 Å². The number of piperazine rings is 1. The minimum Gasteiger partial charge on any atom is -0.506 e. The average molecular weight is 637 g/mol. The van der Waals surface area contributed by atoms with Crippen LogP contribution in [0.4, 0.5) is 19.0 Å². The first-order valence-electron chi connectivity index (χ1n) is 16.1. The lowest BCUT2D eigenvalue weighted by Crippen LogP contribution is -2.51. The Labute approximate surface area is 266 Å². The summed E-state index contributed by atoms with van der Waals surface area (Å²) in [6.45, 7) is 3.81. The number of halogens is 3. The minimum atomic E-state index is -4.83. The van der Waals surface area contributed by atoms with Crippen molar-refractivity contribution in [3.8, 4) is 22.6 Å². The maximum absolute atomic E-state index is 13.3. The molecule has 2 aromatic heterocycles. The van der Waals surface area contributed by atoms with Crippen LogP contribution >= 0.6 is 0 Å². The van der Waals surface area contributed by atoms with Gasteiger partial charge >= 0.3 is 6.36 Å². The van der Waals surface area contributed by atoms with E-state index in [2.05, 4.69) is 29.7 Å². The van der Waals surface area contributed by atoms with E-state index in [0.717, 1.165) is 24.3 Å². The van der Waals surface area contributed by atoms with Crippen LogP contribution in [0.25, 0.3) is 11.1 Å². The van der Waals surface area contributed by atoms with E-state index < -0.39 is 6.36 Å². The summed E-state index contributed by atoms with van der Waals surface area (Å²) in [5.41, 5.74) is 2.22. The molecule has 1 amide bonds. The second-order valence-electron chi connectivity index (χ2n) is 14.0. The molecule has 0 radical (unpaired) electrons. The molecule has 3 heterocycles. The van der Waals surface area contributed by atoms with Gasteiger partial charge in [0, 0.05) is 58.1 Å². The molecular weight excluding hydrogens is 597 g/mol. The summed E-state index contributed by atoms with van der Waals surface area (Å²) in [7, 11) is 1.89. The number of hydrogen-bond acceptors (Lipinski definition) is 8. The Morgan fingerprint density at radius 1 is 0.957 bits per heavy atom. The van der Waals surface area contributed by atoms with Crippen molar-refractivity contribution in [1.82, 2.24) is 25.0 Å². The molecule has 1 aromatic carbocycles. The van der Waals surface area contributed by atoms with Crippen molar-refractivity contribution in [2.75, 3.05) is 44.7 Å². The van der Waals surface area contributed by atoms with Gasteiger partial charge in [-0.15, -0.1) is 23.4 Å². The third kappa shape index (κ3) is 6.77. The van der Waals surface area contributed by atoms with Crippen LogP contribution in [0.3, 0.4) is 0 Å². The molecule has 244 valence electrons. The molecule has 46 heavy (non-hydrogen) atoms. The molecular formula is C34H39F3N6O3. The highest BCUT2D eigenvalue weighted by Gasteiger charge is 2.51. The summed E-state index contributed by atoms with van der Waals surface area (Å²) in [6, 6.07) is 9.52. The van der Waals surface area contributed by atoms with Crippen LogP contribution in [0.15, 0.2) is 48.8 Å². The van der Waals surface area contributed by atoms with Crippen LogP contribution in [0.2, 0.25) is 0 Å². The topological polar surface area (TPSA) is 94.9 Å². The lowest BCUT2D eigenvalue weighted by Gasteiger charge is -2.57. The zero-order chi connectivity index (χ0) is 32.1. The fourth-order valence-corrected chi connectivity index (χ4v) is 8.95.